The number of benzene rings is 2. The van der Waals surface area contributed by atoms with Crippen molar-refractivity contribution >= 4 is 51.4 Å². The Bertz CT molecular complexity index is 1250. The molecule has 0 fully saturated rings. The number of aromatic nitrogens is 3. The molecule has 1 amide bonds. The number of hydrogen-bond donors (Lipinski definition) is 1. The Balaban J connectivity index is 1.52. The standard InChI is InChI=1S/C21H18Cl2N4O2S/c1-11-4-6-15(12(2)8-11)17-10-30-21-25-20(26-27(17)21)24-19(28)13(3)29-18-7-5-14(22)9-16(18)23/h4-10,13H,1-3H3,(H,24,26,28). The molecule has 1 N–H and O–H groups in total. The van der Waals surface area contributed by atoms with Crippen molar-refractivity contribution in [3.05, 3.63) is 63.0 Å². The fourth-order valence-electron chi connectivity index (χ4n) is 3.05. The number of nitrogens with one attached hydrogen (secondary N) is 1. The van der Waals surface area contributed by atoms with E-state index in [0.29, 0.717) is 20.8 Å². The minimum Gasteiger partial charge on any atom is -0.479 e. The summed E-state index contributed by atoms with van der Waals surface area (Å²) in [5, 5.41) is 9.99. The zero-order valence-electron chi connectivity index (χ0n) is 16.4. The van der Waals surface area contributed by atoms with E-state index in [2.05, 4.69) is 47.4 Å². The number of ether oxygens (including phenoxy) is 1. The number of aryl methyl sites for hydroxylation is 2. The number of nitrogens with zero attached hydrogens (tertiary/aromatic N) is 3. The molecule has 4 aromatic rings. The fraction of sp³-hybridized carbons (Fsp3) is 0.190. The first kappa shape index (κ1) is 20.7. The number of carbonyl (C=O) groups excluding carboxylic acids is 1. The van der Waals surface area contributed by atoms with E-state index in [-0.39, 0.29) is 11.9 Å². The molecule has 0 spiro atoms. The molecule has 1 atom stereocenters. The maximum Gasteiger partial charge on any atom is 0.267 e. The van der Waals surface area contributed by atoms with Gasteiger partial charge in [-0.1, -0.05) is 47.0 Å². The van der Waals surface area contributed by atoms with Crippen LogP contribution in [0.3, 0.4) is 0 Å². The van der Waals surface area contributed by atoms with E-state index in [0.717, 1.165) is 16.8 Å². The molecule has 2 aromatic carbocycles. The molecule has 0 aliphatic carbocycles. The molecule has 0 saturated heterocycles. The van der Waals surface area contributed by atoms with E-state index in [9.17, 15) is 4.79 Å². The fourth-order valence-corrected chi connectivity index (χ4v) is 4.32. The zero-order chi connectivity index (χ0) is 21.4. The van der Waals surface area contributed by atoms with Crippen LogP contribution in [0.5, 0.6) is 5.75 Å². The van der Waals surface area contributed by atoms with Gasteiger partial charge in [-0.2, -0.15) is 4.98 Å². The molecular formula is C21H18Cl2N4O2S. The molecule has 4 rings (SSSR count). The van der Waals surface area contributed by atoms with E-state index in [1.807, 2.05) is 5.38 Å². The van der Waals surface area contributed by atoms with Gasteiger partial charge in [-0.25, -0.2) is 4.52 Å². The van der Waals surface area contributed by atoms with Gasteiger partial charge in [0.05, 0.1) is 10.7 Å². The number of anilines is 1. The molecule has 2 aromatic heterocycles. The minimum absolute atomic E-state index is 0.218. The van der Waals surface area contributed by atoms with Gasteiger partial charge in [0.1, 0.15) is 5.75 Å². The van der Waals surface area contributed by atoms with Gasteiger partial charge in [-0.05, 0) is 44.5 Å². The molecular weight excluding hydrogens is 443 g/mol. The number of carbonyl (C=O) groups is 1. The lowest BCUT2D eigenvalue weighted by atomic mass is 10.0. The Labute approximate surface area is 187 Å². The Morgan fingerprint density at radius 3 is 2.73 bits per heavy atom. The average Bonchev–Trinajstić information content (AvgIpc) is 3.24. The van der Waals surface area contributed by atoms with Gasteiger partial charge in [0, 0.05) is 16.0 Å². The first-order valence-electron chi connectivity index (χ1n) is 9.16. The summed E-state index contributed by atoms with van der Waals surface area (Å²) < 4.78 is 7.38. The minimum atomic E-state index is -0.802. The third kappa shape index (κ3) is 4.14. The van der Waals surface area contributed by atoms with Crippen molar-refractivity contribution in [2.24, 2.45) is 0 Å². The summed E-state index contributed by atoms with van der Waals surface area (Å²) in [6, 6.07) is 11.1. The SMILES string of the molecule is Cc1ccc(-c2csc3nc(NC(=O)C(C)Oc4ccc(Cl)cc4Cl)nn23)c(C)c1. The summed E-state index contributed by atoms with van der Waals surface area (Å²) in [5.41, 5.74) is 4.35. The van der Waals surface area contributed by atoms with Crippen LogP contribution in [0.15, 0.2) is 41.8 Å². The molecule has 9 heteroatoms. The predicted molar refractivity (Wildman–Crippen MR) is 121 cm³/mol. The quantitative estimate of drug-likeness (QED) is 0.409. The van der Waals surface area contributed by atoms with E-state index >= 15 is 0 Å². The van der Waals surface area contributed by atoms with Gasteiger partial charge >= 0.3 is 0 Å². The lowest BCUT2D eigenvalue weighted by Crippen LogP contribution is -2.30. The van der Waals surface area contributed by atoms with Crippen LogP contribution >= 0.6 is 34.5 Å². The highest BCUT2D eigenvalue weighted by Gasteiger charge is 2.20. The maximum absolute atomic E-state index is 12.5. The monoisotopic (exact) mass is 460 g/mol. The van der Waals surface area contributed by atoms with Crippen LogP contribution in [-0.2, 0) is 4.79 Å². The molecule has 0 saturated carbocycles. The Hall–Kier alpha value is -2.61. The number of halogens is 2. The summed E-state index contributed by atoms with van der Waals surface area (Å²) in [6.07, 6.45) is -0.802. The van der Waals surface area contributed by atoms with Crippen LogP contribution in [0.25, 0.3) is 16.2 Å². The van der Waals surface area contributed by atoms with Gasteiger partial charge in [-0.3, -0.25) is 10.1 Å². The van der Waals surface area contributed by atoms with Gasteiger partial charge < -0.3 is 4.74 Å². The van der Waals surface area contributed by atoms with Gasteiger partial charge in [-0.15, -0.1) is 16.4 Å². The third-order valence-electron chi connectivity index (χ3n) is 4.54. The number of thiazole rings is 1. The molecule has 0 bridgehead atoms. The van der Waals surface area contributed by atoms with Crippen molar-refractivity contribution in [2.45, 2.75) is 26.9 Å². The van der Waals surface area contributed by atoms with E-state index in [1.165, 1.54) is 16.9 Å². The van der Waals surface area contributed by atoms with Gasteiger partial charge in [0.25, 0.3) is 11.9 Å². The van der Waals surface area contributed by atoms with Crippen LogP contribution in [0.4, 0.5) is 5.95 Å². The van der Waals surface area contributed by atoms with Crippen LogP contribution < -0.4 is 10.1 Å². The van der Waals surface area contributed by atoms with Crippen molar-refractivity contribution in [1.29, 1.82) is 0 Å². The van der Waals surface area contributed by atoms with Crippen LogP contribution in [0.1, 0.15) is 18.1 Å². The average molecular weight is 461 g/mol. The van der Waals surface area contributed by atoms with Crippen molar-refractivity contribution in [3.8, 4) is 17.0 Å². The summed E-state index contributed by atoms with van der Waals surface area (Å²) in [4.78, 5) is 17.6. The molecule has 0 radical (unpaired) electrons. The lowest BCUT2D eigenvalue weighted by Gasteiger charge is -2.14. The second kappa shape index (κ2) is 8.26. The highest BCUT2D eigenvalue weighted by Crippen LogP contribution is 2.30. The van der Waals surface area contributed by atoms with E-state index in [1.54, 1.807) is 29.6 Å². The molecule has 30 heavy (non-hydrogen) atoms. The van der Waals surface area contributed by atoms with E-state index < -0.39 is 6.10 Å². The smallest absolute Gasteiger partial charge is 0.267 e. The predicted octanol–water partition coefficient (Wildman–Crippen LogP) is 5.79. The molecule has 1 unspecified atom stereocenters. The van der Waals surface area contributed by atoms with Crippen molar-refractivity contribution in [1.82, 2.24) is 14.6 Å². The van der Waals surface area contributed by atoms with Crippen LogP contribution in [0.2, 0.25) is 10.0 Å². The topological polar surface area (TPSA) is 68.5 Å². The number of fused-ring (bicyclic) bond motifs is 1. The van der Waals surface area contributed by atoms with E-state index in [4.69, 9.17) is 27.9 Å². The number of rotatable bonds is 5. The molecule has 154 valence electrons. The highest BCUT2D eigenvalue weighted by molar-refractivity contribution is 7.15. The first-order chi connectivity index (χ1) is 14.3. The van der Waals surface area contributed by atoms with Crippen LogP contribution in [0, 0.1) is 13.8 Å². The number of amides is 1. The second-order valence-corrected chi connectivity index (χ2v) is 8.57. The van der Waals surface area contributed by atoms with Gasteiger partial charge in [0.2, 0.25) is 4.96 Å². The summed E-state index contributed by atoms with van der Waals surface area (Å²) in [5.74, 6) is 0.211. The van der Waals surface area contributed by atoms with Gasteiger partial charge in [0.15, 0.2) is 6.10 Å². The van der Waals surface area contributed by atoms with Crippen LogP contribution in [-0.4, -0.2) is 26.6 Å². The Morgan fingerprint density at radius 1 is 1.20 bits per heavy atom. The second-order valence-electron chi connectivity index (χ2n) is 6.89. The molecule has 0 aliphatic rings. The number of hydrogen-bond acceptors (Lipinski definition) is 5. The first-order valence-corrected chi connectivity index (χ1v) is 10.8. The molecule has 0 aliphatic heterocycles. The largest absolute Gasteiger partial charge is 0.479 e. The van der Waals surface area contributed by atoms with Crippen molar-refractivity contribution in [2.75, 3.05) is 5.32 Å². The zero-order valence-corrected chi connectivity index (χ0v) is 18.8. The summed E-state index contributed by atoms with van der Waals surface area (Å²) in [6.45, 7) is 5.75. The molecule has 6 nitrogen and oxygen atoms in total. The Kier molecular flexibility index (Phi) is 5.69. The summed E-state index contributed by atoms with van der Waals surface area (Å²) in [7, 11) is 0. The Morgan fingerprint density at radius 2 is 2.00 bits per heavy atom. The normalized spacial score (nSPS) is 12.2. The highest BCUT2D eigenvalue weighted by atomic mass is 35.5. The lowest BCUT2D eigenvalue weighted by molar-refractivity contribution is -0.122. The van der Waals surface area contributed by atoms with Crippen molar-refractivity contribution in [3.63, 3.8) is 0 Å². The maximum atomic E-state index is 12.5. The third-order valence-corrected chi connectivity index (χ3v) is 5.89. The van der Waals surface area contributed by atoms with Crippen molar-refractivity contribution < 1.29 is 9.53 Å². The summed E-state index contributed by atoms with van der Waals surface area (Å²) >= 11 is 13.5. The molecule has 2 heterocycles.